The van der Waals surface area contributed by atoms with Crippen molar-refractivity contribution in [2.75, 3.05) is 13.2 Å². The summed E-state index contributed by atoms with van der Waals surface area (Å²) < 4.78 is 29.3. The van der Waals surface area contributed by atoms with E-state index < -0.39 is 23.5 Å². The van der Waals surface area contributed by atoms with Crippen molar-refractivity contribution in [2.45, 2.75) is 104 Å². The topological polar surface area (TPSA) is 93.9 Å². The van der Waals surface area contributed by atoms with Crippen LogP contribution >= 0.6 is 0 Å². The molecule has 3 heterocycles. The number of pyridine rings is 1. The summed E-state index contributed by atoms with van der Waals surface area (Å²) in [4.78, 5) is 33.7. The Morgan fingerprint density at radius 3 is 2.51 bits per heavy atom. The van der Waals surface area contributed by atoms with Gasteiger partial charge in [0.15, 0.2) is 17.7 Å². The van der Waals surface area contributed by atoms with E-state index in [1.807, 2.05) is 25.8 Å². The van der Waals surface area contributed by atoms with Crippen LogP contribution in [0.15, 0.2) is 12.1 Å². The van der Waals surface area contributed by atoms with Gasteiger partial charge in [0, 0.05) is 47.4 Å². The number of carbonyl (C=O) groups excluding carboxylic acids is 1. The number of aliphatic carboxylic acids is 1. The van der Waals surface area contributed by atoms with Gasteiger partial charge in [0.05, 0.1) is 12.2 Å². The number of carbonyl (C=O) groups is 2. The van der Waals surface area contributed by atoms with Crippen LogP contribution in [0.2, 0.25) is 0 Å². The summed E-state index contributed by atoms with van der Waals surface area (Å²) >= 11 is 0. The molecule has 0 unspecified atom stereocenters. The monoisotopic (exact) mass is 593 g/mol. The van der Waals surface area contributed by atoms with Gasteiger partial charge in [-0.15, -0.1) is 0 Å². The zero-order chi connectivity index (χ0) is 31.2. The van der Waals surface area contributed by atoms with E-state index >= 15 is 4.39 Å². The molecule has 8 nitrogen and oxygen atoms in total. The third-order valence-corrected chi connectivity index (χ3v) is 8.90. The Morgan fingerprint density at radius 1 is 1.19 bits per heavy atom. The molecule has 5 rings (SSSR count). The number of carboxylic acids is 1. The van der Waals surface area contributed by atoms with E-state index in [4.69, 9.17) is 14.5 Å². The minimum Gasteiger partial charge on any atom is -0.490 e. The summed E-state index contributed by atoms with van der Waals surface area (Å²) in [5.41, 5.74) is 3.71. The second-order valence-electron chi connectivity index (χ2n) is 12.9. The lowest BCUT2D eigenvalue weighted by Crippen LogP contribution is -2.41. The minimum absolute atomic E-state index is 0.0810. The fourth-order valence-electron chi connectivity index (χ4n) is 6.88. The molecule has 1 aliphatic carbocycles. The number of aromatic nitrogens is 2. The number of benzene rings is 1. The van der Waals surface area contributed by atoms with Gasteiger partial charge >= 0.3 is 5.97 Å². The Hall–Kier alpha value is -3.46. The molecule has 43 heavy (non-hydrogen) atoms. The van der Waals surface area contributed by atoms with Crippen molar-refractivity contribution in [3.05, 3.63) is 46.0 Å². The maximum atomic E-state index is 15.7. The number of rotatable bonds is 7. The molecule has 0 radical (unpaired) electrons. The molecule has 1 atom stereocenters. The van der Waals surface area contributed by atoms with E-state index in [1.165, 1.54) is 12.5 Å². The van der Waals surface area contributed by atoms with Crippen molar-refractivity contribution in [3.63, 3.8) is 0 Å². The van der Waals surface area contributed by atoms with Gasteiger partial charge in [-0.3, -0.25) is 4.79 Å². The van der Waals surface area contributed by atoms with E-state index in [0.717, 1.165) is 43.2 Å². The second-order valence-corrected chi connectivity index (χ2v) is 12.9. The van der Waals surface area contributed by atoms with Crippen LogP contribution in [0.25, 0.3) is 22.2 Å². The molecule has 3 aromatic rings. The fourth-order valence-corrected chi connectivity index (χ4v) is 6.88. The van der Waals surface area contributed by atoms with Crippen LogP contribution in [-0.2, 0) is 23.0 Å². The molecule has 1 aromatic carbocycles. The first-order valence-electron chi connectivity index (χ1n) is 15.5. The van der Waals surface area contributed by atoms with Crippen LogP contribution in [0.4, 0.5) is 4.39 Å². The fraction of sp³-hybridized carbons (Fsp3) is 0.559. The van der Waals surface area contributed by atoms with Gasteiger partial charge in [0.1, 0.15) is 11.3 Å². The molecule has 9 heteroatoms. The predicted octanol–water partition coefficient (Wildman–Crippen LogP) is 7.06. The van der Waals surface area contributed by atoms with Crippen LogP contribution in [0.1, 0.15) is 105 Å². The number of aryl methyl sites for hydroxylation is 2. The van der Waals surface area contributed by atoms with Crippen molar-refractivity contribution >= 4 is 22.9 Å². The molecular formula is C34H44FN3O5. The Balaban J connectivity index is 1.81. The van der Waals surface area contributed by atoms with Gasteiger partial charge in [0.25, 0.3) is 5.91 Å². The number of carboxylic acid groups (broad SMARTS) is 1. The van der Waals surface area contributed by atoms with Crippen molar-refractivity contribution in [2.24, 2.45) is 7.05 Å². The third kappa shape index (κ3) is 5.76. The normalized spacial score (nSPS) is 16.6. The van der Waals surface area contributed by atoms with Crippen LogP contribution in [-0.4, -0.2) is 56.2 Å². The molecule has 2 aliphatic rings. The van der Waals surface area contributed by atoms with Crippen LogP contribution in [0.3, 0.4) is 0 Å². The molecule has 1 saturated carbocycles. The highest BCUT2D eigenvalue weighted by atomic mass is 19.1. The lowest BCUT2D eigenvalue weighted by atomic mass is 9.86. The Labute approximate surface area is 253 Å². The van der Waals surface area contributed by atoms with Crippen molar-refractivity contribution < 1.29 is 28.6 Å². The first-order chi connectivity index (χ1) is 20.3. The number of fused-ring (bicyclic) bond motifs is 2. The van der Waals surface area contributed by atoms with Gasteiger partial charge in [-0.05, 0) is 90.5 Å². The van der Waals surface area contributed by atoms with Crippen LogP contribution in [0.5, 0.6) is 5.75 Å². The maximum absolute atomic E-state index is 15.7. The third-order valence-electron chi connectivity index (χ3n) is 8.90. The van der Waals surface area contributed by atoms with Gasteiger partial charge < -0.3 is 24.0 Å². The molecule has 1 aliphatic heterocycles. The maximum Gasteiger partial charge on any atom is 0.337 e. The number of amides is 1. The average molecular weight is 594 g/mol. The summed E-state index contributed by atoms with van der Waals surface area (Å²) in [5, 5.41) is 11.0. The Morgan fingerprint density at radius 2 is 1.88 bits per heavy atom. The van der Waals surface area contributed by atoms with Gasteiger partial charge in [-0.1, -0.05) is 19.3 Å². The predicted molar refractivity (Wildman–Crippen MR) is 164 cm³/mol. The SMILES string of the molecule is CCN(C(=O)c1cc2c(-c3cc(F)c4c(c3C)CCCO4)c([C@H](OC(C)(C)C)C(=O)O)c(C)nc2n1C)C1CCCCC1. The lowest BCUT2D eigenvalue weighted by Gasteiger charge is -2.33. The highest BCUT2D eigenvalue weighted by molar-refractivity contribution is 6.05. The summed E-state index contributed by atoms with van der Waals surface area (Å²) in [6.45, 7) is 12.1. The minimum atomic E-state index is -1.37. The van der Waals surface area contributed by atoms with E-state index in [9.17, 15) is 14.7 Å². The standard InChI is InChI=1S/C34H44FN3O5/c1-8-38(21-13-10-9-11-14-21)32(39)26-18-24-28(23-17-25(35)29-22(19(23)2)15-12-16-42-29)27(20(3)36-31(24)37(26)7)30(33(40)41)43-34(4,5)6/h17-18,21,30H,8-16H2,1-7H3,(H,40,41)/t30-/m0/s1. The number of hydrogen-bond acceptors (Lipinski definition) is 5. The quantitative estimate of drug-likeness (QED) is 0.315. The first kappa shape index (κ1) is 31.0. The number of ether oxygens (including phenoxy) is 2. The molecule has 0 spiro atoms. The van der Waals surface area contributed by atoms with Gasteiger partial charge in [-0.25, -0.2) is 14.2 Å². The molecule has 232 valence electrons. The summed E-state index contributed by atoms with van der Waals surface area (Å²) in [6.07, 6.45) is 5.42. The molecular weight excluding hydrogens is 549 g/mol. The Kier molecular flexibility index (Phi) is 8.58. The molecule has 0 saturated heterocycles. The van der Waals surface area contributed by atoms with E-state index in [2.05, 4.69) is 0 Å². The lowest BCUT2D eigenvalue weighted by molar-refractivity contribution is -0.160. The smallest absolute Gasteiger partial charge is 0.337 e. The van der Waals surface area contributed by atoms with E-state index in [1.54, 1.807) is 38.3 Å². The molecule has 0 bridgehead atoms. The first-order valence-corrected chi connectivity index (χ1v) is 15.5. The van der Waals surface area contributed by atoms with Gasteiger partial charge in [-0.2, -0.15) is 0 Å². The molecule has 1 fully saturated rings. The number of hydrogen-bond donors (Lipinski definition) is 1. The van der Waals surface area contributed by atoms with Gasteiger partial charge in [0.2, 0.25) is 0 Å². The highest BCUT2D eigenvalue weighted by Gasteiger charge is 2.35. The van der Waals surface area contributed by atoms with Crippen molar-refractivity contribution in [1.29, 1.82) is 0 Å². The van der Waals surface area contributed by atoms with E-state index in [0.29, 0.717) is 58.7 Å². The zero-order valence-corrected chi connectivity index (χ0v) is 26.5. The Bertz CT molecular complexity index is 1560. The molecule has 2 aromatic heterocycles. The van der Waals surface area contributed by atoms with Crippen molar-refractivity contribution in [3.8, 4) is 16.9 Å². The largest absolute Gasteiger partial charge is 0.490 e. The highest BCUT2D eigenvalue weighted by Crippen LogP contribution is 2.45. The van der Waals surface area contributed by atoms with Crippen LogP contribution in [0, 0.1) is 19.7 Å². The average Bonchev–Trinajstić information content (AvgIpc) is 3.29. The second kappa shape index (κ2) is 11.9. The van der Waals surface area contributed by atoms with Crippen molar-refractivity contribution in [1.82, 2.24) is 14.5 Å². The summed E-state index contributed by atoms with van der Waals surface area (Å²) in [5.74, 6) is -1.48. The molecule has 1 N–H and O–H groups in total. The summed E-state index contributed by atoms with van der Waals surface area (Å²) in [6, 6.07) is 3.42. The summed E-state index contributed by atoms with van der Waals surface area (Å²) in [7, 11) is 1.81. The molecule has 1 amide bonds. The van der Waals surface area contributed by atoms with E-state index in [-0.39, 0.29) is 17.7 Å². The van der Waals surface area contributed by atoms with Crippen LogP contribution < -0.4 is 4.74 Å². The number of nitrogens with zero attached hydrogens (tertiary/aromatic N) is 3. The number of halogens is 1. The zero-order valence-electron chi connectivity index (χ0n) is 26.5.